The van der Waals surface area contributed by atoms with Gasteiger partial charge in [0.25, 0.3) is 5.69 Å². The first-order chi connectivity index (χ1) is 10.0. The molecule has 0 aromatic heterocycles. The van der Waals surface area contributed by atoms with Gasteiger partial charge in [-0.25, -0.2) is 0 Å². The van der Waals surface area contributed by atoms with E-state index in [0.29, 0.717) is 12.2 Å². The second kappa shape index (κ2) is 6.23. The normalized spacial score (nSPS) is 10.2. The molecule has 0 aliphatic carbocycles. The Kier molecular flexibility index (Phi) is 4.39. The Bertz CT molecular complexity index is 658. The van der Waals surface area contributed by atoms with E-state index in [0.717, 1.165) is 11.3 Å². The second-order valence-corrected chi connectivity index (χ2v) is 4.90. The van der Waals surface area contributed by atoms with Gasteiger partial charge in [0.2, 0.25) is 0 Å². The number of nitrogens with one attached hydrogen (secondary N) is 1. The van der Waals surface area contributed by atoms with Gasteiger partial charge < -0.3 is 10.3 Å². The molecule has 0 fully saturated rings. The van der Waals surface area contributed by atoms with Crippen LogP contribution in [0.2, 0.25) is 0 Å². The summed E-state index contributed by atoms with van der Waals surface area (Å²) in [4.78, 5) is 12.5. The topological polar surface area (TPSA) is 84.4 Å². The van der Waals surface area contributed by atoms with E-state index in [1.807, 2.05) is 25.2 Å². The fraction of sp³-hybridized carbons (Fsp3) is 0.200. The Hall–Kier alpha value is -2.60. The van der Waals surface area contributed by atoms with Crippen molar-refractivity contribution in [2.75, 3.05) is 17.4 Å². The van der Waals surface area contributed by atoms with Crippen molar-refractivity contribution >= 4 is 17.1 Å². The summed E-state index contributed by atoms with van der Waals surface area (Å²) in [6, 6.07) is 13.0. The van der Waals surface area contributed by atoms with Crippen LogP contribution in [0.5, 0.6) is 0 Å². The van der Waals surface area contributed by atoms with E-state index >= 15 is 0 Å². The Morgan fingerprint density at radius 1 is 1.29 bits per heavy atom. The first-order valence-electron chi connectivity index (χ1n) is 6.53. The van der Waals surface area contributed by atoms with Crippen LogP contribution in [-0.2, 0) is 6.54 Å². The minimum absolute atomic E-state index is 0.0280. The van der Waals surface area contributed by atoms with Gasteiger partial charge in [0, 0.05) is 25.3 Å². The first-order valence-corrected chi connectivity index (χ1v) is 6.53. The monoisotopic (exact) mass is 286 g/mol. The standard InChI is InChI=1S/C15H18N4O2/c1-11-5-3-4-6-14(11)18(2)10-12-7-8-15(19(20)21)13(9-12)17-16/h3-9,17H,10,16H2,1-2H3. The summed E-state index contributed by atoms with van der Waals surface area (Å²) < 4.78 is 0. The largest absolute Gasteiger partial charge is 0.370 e. The predicted molar refractivity (Wildman–Crippen MR) is 84.2 cm³/mol. The molecule has 0 atom stereocenters. The predicted octanol–water partition coefficient (Wildman–Crippen LogP) is 2.83. The van der Waals surface area contributed by atoms with Crippen molar-refractivity contribution < 1.29 is 4.92 Å². The number of benzene rings is 2. The molecule has 3 N–H and O–H groups in total. The van der Waals surface area contributed by atoms with Gasteiger partial charge in [0.05, 0.1) is 4.92 Å². The highest BCUT2D eigenvalue weighted by Gasteiger charge is 2.14. The molecule has 0 saturated heterocycles. The van der Waals surface area contributed by atoms with Gasteiger partial charge in [-0.2, -0.15) is 0 Å². The van der Waals surface area contributed by atoms with Gasteiger partial charge in [-0.3, -0.25) is 16.0 Å². The molecule has 0 heterocycles. The Morgan fingerprint density at radius 3 is 2.62 bits per heavy atom. The van der Waals surface area contributed by atoms with Crippen molar-refractivity contribution in [2.24, 2.45) is 5.84 Å². The zero-order valence-corrected chi connectivity index (χ0v) is 12.0. The summed E-state index contributed by atoms with van der Waals surface area (Å²) in [6.45, 7) is 2.69. The fourth-order valence-corrected chi connectivity index (χ4v) is 2.31. The third-order valence-electron chi connectivity index (χ3n) is 3.36. The van der Waals surface area contributed by atoms with E-state index in [9.17, 15) is 10.1 Å². The zero-order chi connectivity index (χ0) is 15.4. The molecule has 0 bridgehead atoms. The van der Waals surface area contributed by atoms with Gasteiger partial charge >= 0.3 is 0 Å². The molecule has 0 aliphatic heterocycles. The number of hydrogen-bond donors (Lipinski definition) is 2. The molecule has 2 aromatic carbocycles. The van der Waals surface area contributed by atoms with E-state index in [4.69, 9.17) is 5.84 Å². The molecule has 2 rings (SSSR count). The number of nitrogens with zero attached hydrogens (tertiary/aromatic N) is 2. The summed E-state index contributed by atoms with van der Waals surface area (Å²) in [5, 5.41) is 10.9. The van der Waals surface area contributed by atoms with Crippen LogP contribution in [0.15, 0.2) is 42.5 Å². The summed E-state index contributed by atoms with van der Waals surface area (Å²) in [5.74, 6) is 5.36. The number of nitro benzene ring substituents is 1. The third-order valence-corrected chi connectivity index (χ3v) is 3.36. The number of anilines is 2. The molecule has 6 heteroatoms. The molecule has 0 aliphatic rings. The molecule has 0 unspecified atom stereocenters. The minimum atomic E-state index is -0.454. The molecule has 2 aromatic rings. The lowest BCUT2D eigenvalue weighted by molar-refractivity contribution is -0.384. The van der Waals surface area contributed by atoms with Crippen LogP contribution >= 0.6 is 0 Å². The number of hydrazine groups is 1. The van der Waals surface area contributed by atoms with Crippen molar-refractivity contribution in [3.63, 3.8) is 0 Å². The smallest absolute Gasteiger partial charge is 0.293 e. The lowest BCUT2D eigenvalue weighted by Gasteiger charge is -2.21. The van der Waals surface area contributed by atoms with Gasteiger partial charge in [0.15, 0.2) is 0 Å². The molecule has 21 heavy (non-hydrogen) atoms. The van der Waals surface area contributed by atoms with Crippen LogP contribution in [-0.4, -0.2) is 12.0 Å². The quantitative estimate of drug-likeness (QED) is 0.501. The Morgan fingerprint density at radius 2 is 2.00 bits per heavy atom. The molecule has 6 nitrogen and oxygen atoms in total. The van der Waals surface area contributed by atoms with E-state index in [-0.39, 0.29) is 5.69 Å². The molecule has 0 saturated carbocycles. The Labute approximate surface area is 123 Å². The highest BCUT2D eigenvalue weighted by atomic mass is 16.6. The van der Waals surface area contributed by atoms with Crippen LogP contribution in [0.1, 0.15) is 11.1 Å². The van der Waals surface area contributed by atoms with Crippen molar-refractivity contribution in [1.82, 2.24) is 0 Å². The maximum Gasteiger partial charge on any atom is 0.293 e. The number of rotatable bonds is 5. The highest BCUT2D eigenvalue weighted by molar-refractivity contribution is 5.62. The molecule has 0 spiro atoms. The maximum atomic E-state index is 10.9. The second-order valence-electron chi connectivity index (χ2n) is 4.90. The van der Waals surface area contributed by atoms with E-state index in [1.54, 1.807) is 12.1 Å². The van der Waals surface area contributed by atoms with E-state index in [1.165, 1.54) is 11.6 Å². The first kappa shape index (κ1) is 14.8. The minimum Gasteiger partial charge on any atom is -0.370 e. The van der Waals surface area contributed by atoms with Crippen molar-refractivity contribution in [1.29, 1.82) is 0 Å². The zero-order valence-electron chi connectivity index (χ0n) is 12.0. The van der Waals surface area contributed by atoms with Crippen LogP contribution in [0.4, 0.5) is 17.1 Å². The van der Waals surface area contributed by atoms with Crippen molar-refractivity contribution in [2.45, 2.75) is 13.5 Å². The molecule has 0 amide bonds. The van der Waals surface area contributed by atoms with Gasteiger partial charge in [-0.05, 0) is 30.2 Å². The van der Waals surface area contributed by atoms with Gasteiger partial charge in [-0.15, -0.1) is 0 Å². The lowest BCUT2D eigenvalue weighted by Crippen LogP contribution is -2.18. The van der Waals surface area contributed by atoms with Crippen LogP contribution in [0, 0.1) is 17.0 Å². The summed E-state index contributed by atoms with van der Waals surface area (Å²) in [7, 11) is 1.99. The lowest BCUT2D eigenvalue weighted by atomic mass is 10.1. The average Bonchev–Trinajstić information content (AvgIpc) is 2.47. The molecule has 110 valence electrons. The maximum absolute atomic E-state index is 10.9. The summed E-state index contributed by atoms with van der Waals surface area (Å²) in [5.41, 5.74) is 5.92. The SMILES string of the molecule is Cc1ccccc1N(C)Cc1ccc([N+](=O)[O-])c(NN)c1. The third kappa shape index (κ3) is 3.29. The van der Waals surface area contributed by atoms with E-state index in [2.05, 4.69) is 23.3 Å². The number of para-hydroxylation sites is 1. The number of hydrogen-bond acceptors (Lipinski definition) is 5. The van der Waals surface area contributed by atoms with E-state index < -0.39 is 4.92 Å². The van der Waals surface area contributed by atoms with Crippen LogP contribution in [0.25, 0.3) is 0 Å². The molecule has 0 radical (unpaired) electrons. The summed E-state index contributed by atoms with van der Waals surface area (Å²) >= 11 is 0. The van der Waals surface area contributed by atoms with Crippen LogP contribution in [0.3, 0.4) is 0 Å². The average molecular weight is 286 g/mol. The van der Waals surface area contributed by atoms with Gasteiger partial charge in [0.1, 0.15) is 5.69 Å². The number of nitro groups is 1. The Balaban J connectivity index is 2.24. The summed E-state index contributed by atoms with van der Waals surface area (Å²) in [6.07, 6.45) is 0. The molecular weight excluding hydrogens is 268 g/mol. The number of nitrogens with two attached hydrogens (primary N) is 1. The fourth-order valence-electron chi connectivity index (χ4n) is 2.31. The number of nitrogen functional groups attached to an aromatic ring is 1. The van der Waals surface area contributed by atoms with Gasteiger partial charge in [-0.1, -0.05) is 24.3 Å². The van der Waals surface area contributed by atoms with Crippen molar-refractivity contribution in [3.05, 3.63) is 63.7 Å². The highest BCUT2D eigenvalue weighted by Crippen LogP contribution is 2.26. The van der Waals surface area contributed by atoms with Crippen molar-refractivity contribution in [3.8, 4) is 0 Å². The number of aryl methyl sites for hydroxylation is 1. The van der Waals surface area contributed by atoms with Crippen LogP contribution < -0.4 is 16.2 Å². The molecular formula is C15H18N4O2.